The Labute approximate surface area is 108 Å². The van der Waals surface area contributed by atoms with Gasteiger partial charge in [0.1, 0.15) is 11.5 Å². The zero-order valence-electron chi connectivity index (χ0n) is 9.60. The van der Waals surface area contributed by atoms with Crippen molar-refractivity contribution in [2.75, 3.05) is 18.0 Å². The molecule has 0 radical (unpaired) electrons. The largest absolute Gasteiger partial charge is 0.364 e. The molecule has 0 bridgehead atoms. The molecule has 0 saturated carbocycles. The second kappa shape index (κ2) is 5.07. The lowest BCUT2D eigenvalue weighted by molar-refractivity contribution is -0.384. The van der Waals surface area contributed by atoms with Crippen molar-refractivity contribution in [3.05, 3.63) is 33.1 Å². The highest BCUT2D eigenvalue weighted by Crippen LogP contribution is 2.34. The Bertz CT molecular complexity index is 484. The van der Waals surface area contributed by atoms with Crippen LogP contribution in [0.25, 0.3) is 0 Å². The summed E-state index contributed by atoms with van der Waals surface area (Å²) in [4.78, 5) is 12.1. The number of nitro benzene ring substituents is 1. The molecule has 1 saturated heterocycles. The quantitative estimate of drug-likeness (QED) is 0.663. The summed E-state index contributed by atoms with van der Waals surface area (Å²) in [5.41, 5.74) is 5.90. The average molecular weight is 274 g/mol. The molecule has 1 fully saturated rings. The van der Waals surface area contributed by atoms with Crippen molar-refractivity contribution in [1.29, 1.82) is 0 Å². The molecular weight excluding hydrogens is 261 g/mol. The topological polar surface area (TPSA) is 72.4 Å². The van der Waals surface area contributed by atoms with Crippen molar-refractivity contribution in [3.8, 4) is 0 Å². The molecule has 1 heterocycles. The molecule has 2 N–H and O–H groups in total. The molecule has 0 aliphatic carbocycles. The van der Waals surface area contributed by atoms with Crippen molar-refractivity contribution >= 4 is 23.0 Å². The molecule has 1 aliphatic heterocycles. The first-order chi connectivity index (χ1) is 8.49. The minimum absolute atomic E-state index is 0.0258. The number of rotatable bonds is 2. The summed E-state index contributed by atoms with van der Waals surface area (Å²) in [5.74, 6) is -0.784. The third kappa shape index (κ3) is 2.54. The van der Waals surface area contributed by atoms with Gasteiger partial charge in [0.25, 0.3) is 5.69 Å². The van der Waals surface area contributed by atoms with Crippen molar-refractivity contribution in [2.24, 2.45) is 5.73 Å². The summed E-state index contributed by atoms with van der Waals surface area (Å²) in [7, 11) is 0. The van der Waals surface area contributed by atoms with E-state index in [0.717, 1.165) is 18.9 Å². The molecule has 0 aromatic heterocycles. The number of nitrogens with two attached hydrogens (primary N) is 1. The van der Waals surface area contributed by atoms with Gasteiger partial charge in [-0.15, -0.1) is 0 Å². The monoisotopic (exact) mass is 273 g/mol. The number of piperidine rings is 1. The van der Waals surface area contributed by atoms with Crippen LogP contribution in [0.3, 0.4) is 0 Å². The molecule has 98 valence electrons. The van der Waals surface area contributed by atoms with Crippen LogP contribution in [0.1, 0.15) is 12.8 Å². The van der Waals surface area contributed by atoms with Crippen LogP contribution in [0.5, 0.6) is 0 Å². The van der Waals surface area contributed by atoms with Gasteiger partial charge in [0.15, 0.2) is 0 Å². The van der Waals surface area contributed by atoms with E-state index in [1.165, 1.54) is 6.07 Å². The molecule has 1 aromatic carbocycles. The van der Waals surface area contributed by atoms with Gasteiger partial charge in [0, 0.05) is 19.1 Å². The smallest absolute Gasteiger partial charge is 0.295 e. The van der Waals surface area contributed by atoms with Crippen molar-refractivity contribution in [1.82, 2.24) is 0 Å². The van der Waals surface area contributed by atoms with E-state index in [2.05, 4.69) is 0 Å². The number of halogens is 2. The van der Waals surface area contributed by atoms with Gasteiger partial charge in [-0.25, -0.2) is 4.39 Å². The maximum absolute atomic E-state index is 13.3. The molecule has 1 aliphatic rings. The lowest BCUT2D eigenvalue weighted by Gasteiger charge is -2.32. The Hall–Kier alpha value is -1.40. The van der Waals surface area contributed by atoms with Crippen LogP contribution in [0.2, 0.25) is 5.02 Å². The van der Waals surface area contributed by atoms with E-state index in [4.69, 9.17) is 17.3 Å². The molecule has 0 spiro atoms. The summed E-state index contributed by atoms with van der Waals surface area (Å²) >= 11 is 5.69. The summed E-state index contributed by atoms with van der Waals surface area (Å²) in [6.07, 6.45) is 1.74. The fourth-order valence-electron chi connectivity index (χ4n) is 2.15. The molecule has 5 nitrogen and oxygen atoms in total. The van der Waals surface area contributed by atoms with Crippen LogP contribution in [-0.2, 0) is 0 Å². The van der Waals surface area contributed by atoms with Crippen LogP contribution in [0.4, 0.5) is 15.8 Å². The minimum Gasteiger partial charge on any atom is -0.364 e. The van der Waals surface area contributed by atoms with E-state index in [-0.39, 0.29) is 16.8 Å². The summed E-state index contributed by atoms with van der Waals surface area (Å²) in [5, 5.41) is 10.8. The summed E-state index contributed by atoms with van der Waals surface area (Å²) in [6.45, 7) is 1.18. The van der Waals surface area contributed by atoms with Gasteiger partial charge in [-0.1, -0.05) is 11.6 Å². The molecule has 0 amide bonds. The van der Waals surface area contributed by atoms with Crippen LogP contribution in [0.15, 0.2) is 12.1 Å². The molecule has 18 heavy (non-hydrogen) atoms. The van der Waals surface area contributed by atoms with E-state index < -0.39 is 10.7 Å². The average Bonchev–Trinajstić information content (AvgIpc) is 2.31. The Kier molecular flexibility index (Phi) is 3.68. The Morgan fingerprint density at radius 2 is 2.28 bits per heavy atom. The highest BCUT2D eigenvalue weighted by molar-refractivity contribution is 6.31. The highest BCUT2D eigenvalue weighted by atomic mass is 35.5. The number of nitro groups is 1. The molecule has 1 aromatic rings. The molecule has 2 rings (SSSR count). The predicted octanol–water partition coefficient (Wildman–Crippen LogP) is 2.31. The van der Waals surface area contributed by atoms with Gasteiger partial charge in [0.2, 0.25) is 0 Å². The molecular formula is C11H13ClFN3O2. The SMILES string of the molecule is NC1CCCN(c2cc(Cl)c(F)cc2[N+](=O)[O-])C1. The first-order valence-electron chi connectivity index (χ1n) is 5.63. The third-order valence-corrected chi connectivity index (χ3v) is 3.30. The number of hydrogen-bond donors (Lipinski definition) is 1. The van der Waals surface area contributed by atoms with Gasteiger partial charge in [-0.3, -0.25) is 10.1 Å². The van der Waals surface area contributed by atoms with Gasteiger partial charge >= 0.3 is 0 Å². The fraction of sp³-hybridized carbons (Fsp3) is 0.455. The summed E-state index contributed by atoms with van der Waals surface area (Å²) < 4.78 is 13.3. The summed E-state index contributed by atoms with van der Waals surface area (Å²) in [6, 6.07) is 2.13. The predicted molar refractivity (Wildman–Crippen MR) is 67.5 cm³/mol. The Morgan fingerprint density at radius 3 is 2.89 bits per heavy atom. The normalized spacial score (nSPS) is 19.9. The zero-order valence-corrected chi connectivity index (χ0v) is 10.4. The van der Waals surface area contributed by atoms with Gasteiger partial charge in [0.05, 0.1) is 16.0 Å². The van der Waals surface area contributed by atoms with Crippen molar-refractivity contribution in [2.45, 2.75) is 18.9 Å². The molecule has 7 heteroatoms. The minimum atomic E-state index is -0.784. The van der Waals surface area contributed by atoms with Crippen molar-refractivity contribution < 1.29 is 9.31 Å². The van der Waals surface area contributed by atoms with E-state index >= 15 is 0 Å². The second-order valence-corrected chi connectivity index (χ2v) is 4.77. The zero-order chi connectivity index (χ0) is 13.3. The van der Waals surface area contributed by atoms with Gasteiger partial charge < -0.3 is 10.6 Å². The molecule has 1 atom stereocenters. The Balaban J connectivity index is 2.41. The van der Waals surface area contributed by atoms with E-state index in [1.54, 1.807) is 4.90 Å². The lowest BCUT2D eigenvalue weighted by Crippen LogP contribution is -2.43. The first-order valence-corrected chi connectivity index (χ1v) is 6.01. The van der Waals surface area contributed by atoms with Gasteiger partial charge in [-0.05, 0) is 18.9 Å². The third-order valence-electron chi connectivity index (χ3n) is 3.01. The lowest BCUT2D eigenvalue weighted by atomic mass is 10.1. The standard InChI is InChI=1S/C11H13ClFN3O2/c12-8-4-10(11(16(17)18)5-9(8)13)15-3-1-2-7(14)6-15/h4-5,7H,1-3,6,14H2. The number of anilines is 1. The van der Waals surface area contributed by atoms with Crippen LogP contribution < -0.4 is 10.6 Å². The van der Waals surface area contributed by atoms with Crippen LogP contribution in [-0.4, -0.2) is 24.1 Å². The van der Waals surface area contributed by atoms with Crippen LogP contribution in [0, 0.1) is 15.9 Å². The molecule has 1 unspecified atom stereocenters. The fourth-order valence-corrected chi connectivity index (χ4v) is 2.31. The Morgan fingerprint density at radius 1 is 1.56 bits per heavy atom. The maximum atomic E-state index is 13.3. The number of nitrogens with zero attached hydrogens (tertiary/aromatic N) is 2. The van der Waals surface area contributed by atoms with Crippen molar-refractivity contribution in [3.63, 3.8) is 0 Å². The van der Waals surface area contributed by atoms with E-state index in [0.29, 0.717) is 18.8 Å². The maximum Gasteiger partial charge on any atom is 0.295 e. The van der Waals surface area contributed by atoms with E-state index in [1.807, 2.05) is 0 Å². The number of hydrogen-bond acceptors (Lipinski definition) is 4. The van der Waals surface area contributed by atoms with Crippen LogP contribution >= 0.6 is 11.6 Å². The van der Waals surface area contributed by atoms with Gasteiger partial charge in [-0.2, -0.15) is 0 Å². The highest BCUT2D eigenvalue weighted by Gasteiger charge is 2.25. The second-order valence-electron chi connectivity index (χ2n) is 4.36. The van der Waals surface area contributed by atoms with E-state index in [9.17, 15) is 14.5 Å². The number of benzene rings is 1. The first kappa shape index (κ1) is 13.0.